The van der Waals surface area contributed by atoms with Crippen molar-refractivity contribution in [1.29, 1.82) is 0 Å². The van der Waals surface area contributed by atoms with E-state index in [1.54, 1.807) is 24.5 Å². The summed E-state index contributed by atoms with van der Waals surface area (Å²) in [6, 6.07) is 35.8. The number of nitrogens with one attached hydrogen (secondary N) is 2. The topological polar surface area (TPSA) is 78.3 Å². The summed E-state index contributed by atoms with van der Waals surface area (Å²) >= 11 is 0. The summed E-state index contributed by atoms with van der Waals surface area (Å²) in [4.78, 5) is 22.2. The highest BCUT2D eigenvalue weighted by atomic mass is 16.2. The van der Waals surface area contributed by atoms with Crippen molar-refractivity contribution in [3.05, 3.63) is 127 Å². The van der Waals surface area contributed by atoms with E-state index in [1.807, 2.05) is 24.3 Å². The molecule has 0 spiro atoms. The number of carbonyl (C=O) groups is 1. The summed E-state index contributed by atoms with van der Waals surface area (Å²) in [6.07, 6.45) is 2.91. The zero-order valence-corrected chi connectivity index (χ0v) is 20.3. The second kappa shape index (κ2) is 9.11. The largest absolute Gasteiger partial charge is 0.361 e. The van der Waals surface area contributed by atoms with Crippen molar-refractivity contribution in [2.24, 2.45) is 0 Å². The number of hydrogen-bond acceptors (Lipinski definition) is 5. The monoisotopic (exact) mass is 497 g/mol. The zero-order chi connectivity index (χ0) is 25.5. The lowest BCUT2D eigenvalue weighted by atomic mass is 10.1. The van der Waals surface area contributed by atoms with Gasteiger partial charge in [0.1, 0.15) is 6.17 Å². The molecule has 0 radical (unpaired) electrons. The standard InChI is InChI=1S/C30H23N7O/c38-30-36(27-13-5-7-19-31-27)33-29(34-37(30)28-14-6-8-20-32-28)21-15-17-22(18-16-21)35-25-11-3-1-9-23(25)24-10-2-4-12-26(24)35/h1-20,29,33-34H. The van der Waals surface area contributed by atoms with Crippen molar-refractivity contribution < 1.29 is 4.79 Å². The third-order valence-corrected chi connectivity index (χ3v) is 6.72. The molecule has 1 aliphatic rings. The fraction of sp³-hybridized carbons (Fsp3) is 0.0333. The molecular formula is C30H23N7O. The molecule has 2 amide bonds. The molecule has 8 nitrogen and oxygen atoms in total. The van der Waals surface area contributed by atoms with Crippen LogP contribution in [-0.4, -0.2) is 20.6 Å². The minimum absolute atomic E-state index is 0.333. The van der Waals surface area contributed by atoms with Gasteiger partial charge in [-0.05, 0) is 54.1 Å². The van der Waals surface area contributed by atoms with Crippen molar-refractivity contribution in [2.45, 2.75) is 6.17 Å². The maximum Gasteiger partial charge on any atom is 0.361 e. The lowest BCUT2D eigenvalue weighted by molar-refractivity contribution is 0.230. The Labute approximate surface area is 218 Å². The van der Waals surface area contributed by atoms with Crippen LogP contribution in [0, 0.1) is 0 Å². The van der Waals surface area contributed by atoms with E-state index < -0.39 is 6.17 Å². The predicted molar refractivity (Wildman–Crippen MR) is 149 cm³/mol. The molecule has 38 heavy (non-hydrogen) atoms. The Kier molecular flexibility index (Phi) is 5.32. The molecule has 184 valence electrons. The molecule has 1 saturated heterocycles. The molecule has 2 N–H and O–H groups in total. The lowest BCUT2D eigenvalue weighted by Crippen LogP contribution is -2.66. The van der Waals surface area contributed by atoms with Crippen LogP contribution in [0.4, 0.5) is 16.4 Å². The first-order valence-electron chi connectivity index (χ1n) is 12.3. The minimum atomic E-state index is -0.413. The van der Waals surface area contributed by atoms with Gasteiger partial charge in [0.25, 0.3) is 0 Å². The molecule has 0 aliphatic carbocycles. The van der Waals surface area contributed by atoms with Crippen molar-refractivity contribution in [1.82, 2.24) is 25.4 Å². The van der Waals surface area contributed by atoms with E-state index in [0.29, 0.717) is 11.6 Å². The molecule has 0 atom stereocenters. The Morgan fingerprint density at radius 1 is 0.579 bits per heavy atom. The van der Waals surface area contributed by atoms with Crippen molar-refractivity contribution in [3.63, 3.8) is 0 Å². The van der Waals surface area contributed by atoms with E-state index in [-0.39, 0.29) is 6.03 Å². The van der Waals surface area contributed by atoms with Gasteiger partial charge in [-0.3, -0.25) is 0 Å². The highest BCUT2D eigenvalue weighted by molar-refractivity contribution is 6.09. The Hall–Kier alpha value is -5.05. The number of rotatable bonds is 4. The van der Waals surface area contributed by atoms with Crippen LogP contribution in [0.15, 0.2) is 122 Å². The quantitative estimate of drug-likeness (QED) is 0.325. The Morgan fingerprint density at radius 3 is 1.58 bits per heavy atom. The van der Waals surface area contributed by atoms with Gasteiger partial charge in [0, 0.05) is 28.9 Å². The van der Waals surface area contributed by atoms with Crippen LogP contribution in [0.1, 0.15) is 11.7 Å². The van der Waals surface area contributed by atoms with E-state index >= 15 is 0 Å². The Morgan fingerprint density at radius 2 is 1.08 bits per heavy atom. The third-order valence-electron chi connectivity index (χ3n) is 6.72. The third kappa shape index (κ3) is 3.67. The van der Waals surface area contributed by atoms with Crippen LogP contribution in [-0.2, 0) is 0 Å². The number of urea groups is 1. The smallest absolute Gasteiger partial charge is 0.309 e. The molecule has 4 heterocycles. The fourth-order valence-electron chi connectivity index (χ4n) is 4.96. The molecule has 1 fully saturated rings. The molecular weight excluding hydrogens is 474 g/mol. The molecule has 3 aromatic heterocycles. The van der Waals surface area contributed by atoms with Crippen LogP contribution in [0.25, 0.3) is 27.5 Å². The lowest BCUT2D eigenvalue weighted by Gasteiger charge is -2.40. The first-order chi connectivity index (χ1) is 18.8. The van der Waals surface area contributed by atoms with Crippen LogP contribution >= 0.6 is 0 Å². The number of fused-ring (bicyclic) bond motifs is 3. The Bertz CT molecular complexity index is 1650. The number of benzene rings is 3. The van der Waals surface area contributed by atoms with Gasteiger partial charge < -0.3 is 4.57 Å². The second-order valence-electron chi connectivity index (χ2n) is 8.98. The van der Waals surface area contributed by atoms with E-state index in [9.17, 15) is 4.79 Å². The van der Waals surface area contributed by atoms with E-state index in [1.165, 1.54) is 20.8 Å². The number of aromatic nitrogens is 3. The first kappa shape index (κ1) is 22.2. The number of pyridine rings is 2. The van der Waals surface area contributed by atoms with Crippen molar-refractivity contribution in [3.8, 4) is 5.69 Å². The van der Waals surface area contributed by atoms with Gasteiger partial charge in [-0.25, -0.2) is 35.6 Å². The van der Waals surface area contributed by atoms with Gasteiger partial charge in [0.2, 0.25) is 0 Å². The van der Waals surface area contributed by atoms with Gasteiger partial charge in [-0.1, -0.05) is 60.7 Å². The summed E-state index contributed by atoms with van der Waals surface area (Å²) < 4.78 is 2.28. The maximum atomic E-state index is 13.4. The zero-order valence-electron chi connectivity index (χ0n) is 20.3. The normalized spacial score (nSPS) is 14.5. The van der Waals surface area contributed by atoms with Gasteiger partial charge in [-0.2, -0.15) is 0 Å². The second-order valence-corrected chi connectivity index (χ2v) is 8.98. The van der Waals surface area contributed by atoms with Gasteiger partial charge in [-0.15, -0.1) is 0 Å². The summed E-state index contributed by atoms with van der Waals surface area (Å²) in [5, 5.41) is 5.32. The highest BCUT2D eigenvalue weighted by Crippen LogP contribution is 2.32. The summed E-state index contributed by atoms with van der Waals surface area (Å²) in [5.41, 5.74) is 10.9. The first-order valence-corrected chi connectivity index (χ1v) is 12.3. The summed E-state index contributed by atoms with van der Waals surface area (Å²) in [6.45, 7) is 0. The van der Waals surface area contributed by atoms with Gasteiger partial charge in [0.05, 0.1) is 11.0 Å². The molecule has 0 unspecified atom stereocenters. The molecule has 6 aromatic rings. The van der Waals surface area contributed by atoms with E-state index in [0.717, 1.165) is 22.3 Å². The number of hydrazine groups is 2. The average Bonchev–Trinajstić information content (AvgIpc) is 3.33. The number of anilines is 2. The number of carbonyl (C=O) groups excluding carboxylic acids is 1. The molecule has 3 aromatic carbocycles. The summed E-state index contributed by atoms with van der Waals surface area (Å²) in [5.74, 6) is 0.985. The van der Waals surface area contributed by atoms with E-state index in [2.05, 4.69) is 98.2 Å². The maximum absolute atomic E-state index is 13.4. The molecule has 0 bridgehead atoms. The molecule has 8 heteroatoms. The summed E-state index contributed by atoms with van der Waals surface area (Å²) in [7, 11) is 0. The predicted octanol–water partition coefficient (Wildman–Crippen LogP) is 5.73. The fourth-order valence-corrected chi connectivity index (χ4v) is 4.96. The SMILES string of the molecule is O=C1N(c2ccccn2)NC(c2ccc(-n3c4ccccc4c4ccccc43)cc2)NN1c1ccccn1. The highest BCUT2D eigenvalue weighted by Gasteiger charge is 2.35. The number of amides is 2. The minimum Gasteiger partial charge on any atom is -0.309 e. The molecule has 7 rings (SSSR count). The van der Waals surface area contributed by atoms with Crippen molar-refractivity contribution in [2.75, 3.05) is 10.0 Å². The van der Waals surface area contributed by atoms with Gasteiger partial charge >= 0.3 is 6.03 Å². The number of nitrogens with zero attached hydrogens (tertiary/aromatic N) is 5. The van der Waals surface area contributed by atoms with Crippen LogP contribution in [0.3, 0.4) is 0 Å². The average molecular weight is 498 g/mol. The van der Waals surface area contributed by atoms with Gasteiger partial charge in [0.15, 0.2) is 11.6 Å². The van der Waals surface area contributed by atoms with E-state index in [4.69, 9.17) is 0 Å². The number of para-hydroxylation sites is 2. The van der Waals surface area contributed by atoms with Crippen LogP contribution in [0.2, 0.25) is 0 Å². The molecule has 1 aliphatic heterocycles. The van der Waals surface area contributed by atoms with Crippen molar-refractivity contribution >= 4 is 39.5 Å². The Balaban J connectivity index is 1.28. The number of hydrogen-bond donors (Lipinski definition) is 2. The van der Waals surface area contributed by atoms with Crippen LogP contribution < -0.4 is 20.9 Å². The van der Waals surface area contributed by atoms with Crippen LogP contribution in [0.5, 0.6) is 0 Å². The molecule has 0 saturated carbocycles.